The Balaban J connectivity index is 2.78. The molecule has 0 saturated heterocycles. The van der Waals surface area contributed by atoms with Crippen molar-refractivity contribution < 1.29 is 19.8 Å². The van der Waals surface area contributed by atoms with Gasteiger partial charge < -0.3 is 10.2 Å². The van der Waals surface area contributed by atoms with Crippen LogP contribution in [0.1, 0.15) is 25.3 Å². The van der Waals surface area contributed by atoms with Crippen molar-refractivity contribution in [3.63, 3.8) is 0 Å². The highest BCUT2D eigenvalue weighted by Crippen LogP contribution is 2.12. The van der Waals surface area contributed by atoms with Gasteiger partial charge in [-0.1, -0.05) is 37.3 Å². The third-order valence-electron chi connectivity index (χ3n) is 2.95. The molecule has 1 unspecified atom stereocenters. The van der Waals surface area contributed by atoms with Crippen LogP contribution in [0, 0.1) is 0 Å². The maximum Gasteiger partial charge on any atom is 0.320 e. The number of rotatable bonds is 8. The highest BCUT2D eigenvalue weighted by Gasteiger charge is 2.24. The normalized spacial score (nSPS) is 12.3. The number of benzene rings is 1. The fraction of sp³-hybridized carbons (Fsp3) is 0.429. The number of carboxylic acid groups (broad SMARTS) is 2. The molecule has 19 heavy (non-hydrogen) atoms. The van der Waals surface area contributed by atoms with Gasteiger partial charge in [-0.2, -0.15) is 0 Å². The Kier molecular flexibility index (Phi) is 6.02. The second kappa shape index (κ2) is 7.53. The molecule has 2 N–H and O–H groups in total. The van der Waals surface area contributed by atoms with Gasteiger partial charge in [-0.3, -0.25) is 14.5 Å². The highest BCUT2D eigenvalue weighted by molar-refractivity contribution is 5.73. The first-order valence-corrected chi connectivity index (χ1v) is 6.27. The molecule has 0 spiro atoms. The van der Waals surface area contributed by atoms with Crippen molar-refractivity contribution >= 4 is 11.9 Å². The van der Waals surface area contributed by atoms with E-state index in [1.54, 1.807) is 11.8 Å². The predicted octanol–water partition coefficient (Wildman–Crippen LogP) is 1.83. The van der Waals surface area contributed by atoms with Gasteiger partial charge in [0.15, 0.2) is 0 Å². The molecule has 1 aromatic carbocycles. The van der Waals surface area contributed by atoms with E-state index >= 15 is 0 Å². The summed E-state index contributed by atoms with van der Waals surface area (Å²) in [5.74, 6) is -1.83. The second-order valence-electron chi connectivity index (χ2n) is 4.36. The van der Waals surface area contributed by atoms with Crippen LogP contribution in [0.5, 0.6) is 0 Å². The number of nitrogens with zero attached hydrogens (tertiary/aromatic N) is 1. The zero-order valence-electron chi connectivity index (χ0n) is 11.0. The lowest BCUT2D eigenvalue weighted by Gasteiger charge is -2.27. The molecular formula is C14H19NO4. The van der Waals surface area contributed by atoms with Gasteiger partial charge in [0.05, 0.1) is 6.42 Å². The lowest BCUT2D eigenvalue weighted by molar-refractivity contribution is -0.145. The van der Waals surface area contributed by atoms with E-state index in [9.17, 15) is 14.7 Å². The Morgan fingerprint density at radius 2 is 1.84 bits per heavy atom. The number of carbonyl (C=O) groups is 2. The SMILES string of the molecule is CCC(C(=O)O)N(CCC(=O)O)Cc1ccccc1. The van der Waals surface area contributed by atoms with E-state index in [1.165, 1.54) is 0 Å². The number of hydrogen-bond acceptors (Lipinski definition) is 3. The van der Waals surface area contributed by atoms with Gasteiger partial charge in [0.2, 0.25) is 0 Å². The highest BCUT2D eigenvalue weighted by atomic mass is 16.4. The first kappa shape index (κ1) is 15.2. The maximum atomic E-state index is 11.2. The van der Waals surface area contributed by atoms with Crippen molar-refractivity contribution in [2.75, 3.05) is 6.54 Å². The van der Waals surface area contributed by atoms with Crippen molar-refractivity contribution in [3.05, 3.63) is 35.9 Å². The van der Waals surface area contributed by atoms with Gasteiger partial charge >= 0.3 is 11.9 Å². The molecule has 1 aromatic rings. The zero-order valence-corrected chi connectivity index (χ0v) is 11.0. The van der Waals surface area contributed by atoms with E-state index in [0.717, 1.165) is 5.56 Å². The Morgan fingerprint density at radius 3 is 2.32 bits per heavy atom. The Bertz CT molecular complexity index is 419. The lowest BCUT2D eigenvalue weighted by atomic mass is 10.1. The van der Waals surface area contributed by atoms with Crippen molar-refractivity contribution in [2.24, 2.45) is 0 Å². The minimum absolute atomic E-state index is 0.0589. The zero-order chi connectivity index (χ0) is 14.3. The molecule has 0 aliphatic carbocycles. The summed E-state index contributed by atoms with van der Waals surface area (Å²) in [5.41, 5.74) is 0.979. The molecule has 0 heterocycles. The summed E-state index contributed by atoms with van der Waals surface area (Å²) in [4.78, 5) is 23.6. The fourth-order valence-electron chi connectivity index (χ4n) is 1.99. The van der Waals surface area contributed by atoms with E-state index in [4.69, 9.17) is 5.11 Å². The summed E-state index contributed by atoms with van der Waals surface area (Å²) in [7, 11) is 0. The van der Waals surface area contributed by atoms with Crippen LogP contribution in [0.4, 0.5) is 0 Å². The van der Waals surface area contributed by atoms with Crippen molar-refractivity contribution in [2.45, 2.75) is 32.4 Å². The third kappa shape index (κ3) is 5.09. The average Bonchev–Trinajstić information content (AvgIpc) is 2.37. The number of hydrogen-bond donors (Lipinski definition) is 2. The van der Waals surface area contributed by atoms with Gasteiger partial charge in [0, 0.05) is 13.1 Å². The summed E-state index contributed by atoms with van der Waals surface area (Å²) in [6.07, 6.45) is 0.387. The van der Waals surface area contributed by atoms with Crippen LogP contribution in [0.3, 0.4) is 0 Å². The summed E-state index contributed by atoms with van der Waals surface area (Å²) >= 11 is 0. The van der Waals surface area contributed by atoms with E-state index in [-0.39, 0.29) is 13.0 Å². The molecule has 0 aliphatic heterocycles. The topological polar surface area (TPSA) is 77.8 Å². The minimum Gasteiger partial charge on any atom is -0.481 e. The molecule has 1 atom stereocenters. The third-order valence-corrected chi connectivity index (χ3v) is 2.95. The van der Waals surface area contributed by atoms with Crippen molar-refractivity contribution in [1.29, 1.82) is 0 Å². The summed E-state index contributed by atoms with van der Waals surface area (Å²) in [6.45, 7) is 2.46. The molecule has 0 aromatic heterocycles. The predicted molar refractivity (Wildman–Crippen MR) is 70.8 cm³/mol. The number of aliphatic carboxylic acids is 2. The van der Waals surface area contributed by atoms with Crippen LogP contribution in [-0.4, -0.2) is 39.6 Å². The molecule has 1 rings (SSSR count). The molecule has 0 bridgehead atoms. The molecule has 0 amide bonds. The smallest absolute Gasteiger partial charge is 0.320 e. The summed E-state index contributed by atoms with van der Waals surface area (Å²) in [6, 6.07) is 8.81. The largest absolute Gasteiger partial charge is 0.481 e. The fourth-order valence-corrected chi connectivity index (χ4v) is 1.99. The maximum absolute atomic E-state index is 11.2. The molecule has 0 aliphatic rings. The van der Waals surface area contributed by atoms with E-state index in [2.05, 4.69) is 0 Å². The van der Waals surface area contributed by atoms with Gasteiger partial charge in [0.1, 0.15) is 6.04 Å². The Morgan fingerprint density at radius 1 is 1.21 bits per heavy atom. The van der Waals surface area contributed by atoms with Crippen molar-refractivity contribution in [3.8, 4) is 0 Å². The van der Waals surface area contributed by atoms with Crippen LogP contribution in [0.25, 0.3) is 0 Å². The van der Waals surface area contributed by atoms with Crippen LogP contribution in [-0.2, 0) is 16.1 Å². The first-order chi connectivity index (χ1) is 9.04. The molecule has 0 saturated carbocycles. The van der Waals surface area contributed by atoms with E-state index in [1.807, 2.05) is 30.3 Å². The number of carboxylic acids is 2. The molecule has 0 fully saturated rings. The Labute approximate surface area is 112 Å². The standard InChI is InChI=1S/C14H19NO4/c1-2-12(14(18)19)15(9-8-13(16)17)10-11-6-4-3-5-7-11/h3-7,12H,2,8-10H2,1H3,(H,16,17)(H,18,19). The summed E-state index contributed by atoms with van der Waals surface area (Å²) < 4.78 is 0. The van der Waals surface area contributed by atoms with Crippen LogP contribution in [0.15, 0.2) is 30.3 Å². The van der Waals surface area contributed by atoms with Crippen molar-refractivity contribution in [1.82, 2.24) is 4.90 Å². The minimum atomic E-state index is -0.918. The molecule has 104 valence electrons. The molecule has 5 heteroatoms. The van der Waals surface area contributed by atoms with Crippen LogP contribution < -0.4 is 0 Å². The Hall–Kier alpha value is -1.88. The second-order valence-corrected chi connectivity index (χ2v) is 4.36. The van der Waals surface area contributed by atoms with E-state index in [0.29, 0.717) is 13.0 Å². The monoisotopic (exact) mass is 265 g/mol. The quantitative estimate of drug-likeness (QED) is 0.749. The average molecular weight is 265 g/mol. The van der Waals surface area contributed by atoms with E-state index < -0.39 is 18.0 Å². The summed E-state index contributed by atoms with van der Waals surface area (Å²) in [5, 5.41) is 17.9. The lowest BCUT2D eigenvalue weighted by Crippen LogP contribution is -2.41. The first-order valence-electron chi connectivity index (χ1n) is 6.27. The molecule has 0 radical (unpaired) electrons. The van der Waals surface area contributed by atoms with Crippen LogP contribution >= 0.6 is 0 Å². The van der Waals surface area contributed by atoms with Crippen LogP contribution in [0.2, 0.25) is 0 Å². The van der Waals surface area contributed by atoms with Gasteiger partial charge in [-0.05, 0) is 12.0 Å². The molecule has 5 nitrogen and oxygen atoms in total. The molecular weight excluding hydrogens is 246 g/mol. The van der Waals surface area contributed by atoms with Gasteiger partial charge in [-0.25, -0.2) is 0 Å². The van der Waals surface area contributed by atoms with Gasteiger partial charge in [0.25, 0.3) is 0 Å². The van der Waals surface area contributed by atoms with Gasteiger partial charge in [-0.15, -0.1) is 0 Å².